The number of halogens is 1. The van der Waals surface area contributed by atoms with Crippen LogP contribution in [0.3, 0.4) is 0 Å². The quantitative estimate of drug-likeness (QED) is 0.147. The number of rotatable bonds is 0. The molecule has 0 amide bonds. The van der Waals surface area contributed by atoms with E-state index in [2.05, 4.69) is 41.5 Å². The molecule has 6 heteroatoms. The first kappa shape index (κ1) is 41.7. The highest BCUT2D eigenvalue weighted by molar-refractivity contribution is 14.0. The van der Waals surface area contributed by atoms with Crippen molar-refractivity contribution in [3.63, 3.8) is 0 Å². The lowest BCUT2D eigenvalue weighted by Crippen LogP contribution is -2.10. The van der Waals surface area contributed by atoms with Crippen molar-refractivity contribution in [1.29, 1.82) is 0 Å². The van der Waals surface area contributed by atoms with Gasteiger partial charge in [0, 0.05) is 0 Å². The molecule has 0 heterocycles. The minimum atomic E-state index is -0.0371. The predicted molar refractivity (Wildman–Crippen MR) is 171 cm³/mol. The normalized spacial score (nSPS) is 9.86. The first-order valence-corrected chi connectivity index (χ1v) is 11.1. The van der Waals surface area contributed by atoms with Gasteiger partial charge in [-0.1, -0.05) is 92.8 Å². The molecule has 212 valence electrons. The minimum absolute atomic E-state index is 0. The molecule has 6 N–H and O–H groups in total. The molecule has 0 aromatic heterocycles. The summed E-state index contributed by atoms with van der Waals surface area (Å²) in [5.41, 5.74) is 5.03. The third-order valence-corrected chi connectivity index (χ3v) is 5.32. The summed E-state index contributed by atoms with van der Waals surface area (Å²) in [5, 5.41) is 37.0. The molecule has 0 fully saturated rings. The summed E-state index contributed by atoms with van der Waals surface area (Å²) in [6.07, 6.45) is 0. The molecule has 0 unspecified atom stereocenters. The van der Waals surface area contributed by atoms with Gasteiger partial charge in [-0.05, 0) is 77.6 Å². The monoisotopic (exact) mass is 631 g/mol. The van der Waals surface area contributed by atoms with Crippen LogP contribution in [-0.4, -0.2) is 25.9 Å². The molecule has 5 nitrogen and oxygen atoms in total. The fraction of sp³-hybridized carbons (Fsp3) is 0.419. The van der Waals surface area contributed by atoms with Gasteiger partial charge in [-0.25, -0.2) is 0 Å². The first-order valence-electron chi connectivity index (χ1n) is 11.1. The number of hydrogen-bond donors (Lipinski definition) is 4. The van der Waals surface area contributed by atoms with Crippen LogP contribution in [0.25, 0.3) is 0 Å². The summed E-state index contributed by atoms with van der Waals surface area (Å²) < 4.78 is 0. The van der Waals surface area contributed by atoms with E-state index in [9.17, 15) is 15.3 Å². The van der Waals surface area contributed by atoms with Gasteiger partial charge in [0.05, 0.1) is 0 Å². The third kappa shape index (κ3) is 13.6. The molecular formula is C31H52IO5+. The second-order valence-electron chi connectivity index (χ2n) is 10.4. The summed E-state index contributed by atoms with van der Waals surface area (Å²) >= 11 is 0. The molecule has 0 aliphatic carbocycles. The average Bonchev–Trinajstić information content (AvgIpc) is 2.69. The van der Waals surface area contributed by atoms with Crippen molar-refractivity contribution in [1.82, 2.24) is 0 Å². The number of hydrogen-bond acceptors (Lipinski definition) is 4. The molecule has 0 aliphatic rings. The highest BCUT2D eigenvalue weighted by Gasteiger charge is 2.17. The SMILES string of the molecule is C.C.Cc1cc(C(C)(C)C)cc(O)c1O.Cc1cc(C(C)(C)C)ccc1O.Cc1ccccc1O.I.O.[H+]. The van der Waals surface area contributed by atoms with E-state index in [0.717, 1.165) is 16.7 Å². The van der Waals surface area contributed by atoms with Gasteiger partial charge in [0.1, 0.15) is 11.5 Å². The second kappa shape index (κ2) is 17.1. The Labute approximate surface area is 244 Å². The van der Waals surface area contributed by atoms with Crippen molar-refractivity contribution in [2.75, 3.05) is 0 Å². The maximum absolute atomic E-state index is 9.39. The minimum Gasteiger partial charge on any atom is -0.508 e. The van der Waals surface area contributed by atoms with Crippen LogP contribution >= 0.6 is 24.0 Å². The molecule has 3 aromatic carbocycles. The molecule has 0 radical (unpaired) electrons. The molecule has 0 atom stereocenters. The van der Waals surface area contributed by atoms with Gasteiger partial charge in [-0.3, -0.25) is 0 Å². The van der Waals surface area contributed by atoms with Crippen LogP contribution in [0.1, 0.15) is 85.6 Å². The molecule has 0 bridgehead atoms. The molecule has 0 saturated heterocycles. The Kier molecular flexibility index (Phi) is 19.3. The molecule has 3 aromatic rings. The molecule has 37 heavy (non-hydrogen) atoms. The Morgan fingerprint density at radius 1 is 0.541 bits per heavy atom. The number of phenolic OH excluding ortho intramolecular Hbond substituents is 4. The smallest absolute Gasteiger partial charge is 0.508 e. The van der Waals surface area contributed by atoms with Gasteiger partial charge in [0.25, 0.3) is 0 Å². The zero-order valence-electron chi connectivity index (χ0n) is 23.4. The number of para-hydroxylation sites is 1. The summed E-state index contributed by atoms with van der Waals surface area (Å²) in [6, 6.07) is 16.5. The number of aromatic hydroxyl groups is 4. The summed E-state index contributed by atoms with van der Waals surface area (Å²) in [5.74, 6) is 0.688. The molecule has 0 saturated carbocycles. The van der Waals surface area contributed by atoms with Crippen LogP contribution in [0.15, 0.2) is 54.6 Å². The van der Waals surface area contributed by atoms with E-state index < -0.39 is 0 Å². The topological polar surface area (TPSA) is 112 Å². The zero-order valence-corrected chi connectivity index (χ0v) is 24.7. The summed E-state index contributed by atoms with van der Waals surface area (Å²) in [4.78, 5) is 0. The standard InChI is InChI=1S/C11H16O2.C11H16O.C7H8O.2CH4.HI.H2O/c1-7-5-8(11(2,3)4)6-9(12)10(7)13;1-8-7-9(11(2,3)4)5-6-10(8)12;1-6-4-2-3-5-7(6)8;;;;/h5-6,12-13H,1-4H3;5-7,12H,1-4H3;2-5,8H,1H3;2*1H4;1H;1H2/p+1. The highest BCUT2D eigenvalue weighted by atomic mass is 127. The zero-order chi connectivity index (χ0) is 25.6. The molecular weight excluding hydrogens is 579 g/mol. The molecule has 3 rings (SSSR count). The van der Waals surface area contributed by atoms with Gasteiger partial charge >= 0.3 is 1.43 Å². The maximum atomic E-state index is 9.39. The Morgan fingerprint density at radius 2 is 0.973 bits per heavy atom. The van der Waals surface area contributed by atoms with E-state index in [1.807, 2.05) is 50.2 Å². The van der Waals surface area contributed by atoms with E-state index >= 15 is 0 Å². The summed E-state index contributed by atoms with van der Waals surface area (Å²) in [7, 11) is 0. The van der Waals surface area contributed by atoms with Crippen LogP contribution < -0.4 is 0 Å². The van der Waals surface area contributed by atoms with Crippen LogP contribution in [0, 0.1) is 20.8 Å². The number of phenols is 4. The van der Waals surface area contributed by atoms with Gasteiger partial charge in [-0.15, -0.1) is 24.0 Å². The lowest BCUT2D eigenvalue weighted by atomic mass is 9.86. The van der Waals surface area contributed by atoms with Crippen LogP contribution in [-0.2, 0) is 10.8 Å². The number of aryl methyl sites for hydroxylation is 3. The number of benzene rings is 3. The Bertz CT molecular complexity index is 1030. The Balaban J connectivity index is -0.000000137. The van der Waals surface area contributed by atoms with E-state index in [-0.39, 0.29) is 68.1 Å². The van der Waals surface area contributed by atoms with Crippen molar-refractivity contribution < 1.29 is 27.3 Å². The molecule has 0 spiro atoms. The van der Waals surface area contributed by atoms with E-state index in [0.29, 0.717) is 17.1 Å². The van der Waals surface area contributed by atoms with E-state index in [4.69, 9.17) is 5.11 Å². The lowest BCUT2D eigenvalue weighted by molar-refractivity contribution is 0.398. The van der Waals surface area contributed by atoms with Crippen molar-refractivity contribution in [2.45, 2.75) is 88.0 Å². The second-order valence-corrected chi connectivity index (χ2v) is 10.4. The lowest BCUT2D eigenvalue weighted by Gasteiger charge is -2.20. The van der Waals surface area contributed by atoms with E-state index in [1.165, 1.54) is 5.56 Å². The highest BCUT2D eigenvalue weighted by Crippen LogP contribution is 2.34. The average molecular weight is 632 g/mol. The Morgan fingerprint density at radius 3 is 1.32 bits per heavy atom. The fourth-order valence-corrected chi connectivity index (χ4v) is 2.88. The Hall–Kier alpha value is -2.45. The predicted octanol–water partition coefficient (Wildman–Crippen LogP) is 8.58. The third-order valence-electron chi connectivity index (χ3n) is 5.32. The van der Waals surface area contributed by atoms with Crippen molar-refractivity contribution >= 4 is 24.0 Å². The van der Waals surface area contributed by atoms with Crippen molar-refractivity contribution in [2.24, 2.45) is 0 Å². The van der Waals surface area contributed by atoms with E-state index in [1.54, 1.807) is 25.1 Å². The first-order chi connectivity index (χ1) is 15.0. The van der Waals surface area contributed by atoms with Crippen LogP contribution in [0.5, 0.6) is 23.0 Å². The largest absolute Gasteiger partial charge is 1.00 e. The van der Waals surface area contributed by atoms with Gasteiger partial charge in [0.2, 0.25) is 0 Å². The van der Waals surface area contributed by atoms with Crippen LogP contribution in [0.2, 0.25) is 0 Å². The summed E-state index contributed by atoms with van der Waals surface area (Å²) in [6.45, 7) is 18.3. The van der Waals surface area contributed by atoms with Gasteiger partial charge in [0.15, 0.2) is 11.5 Å². The van der Waals surface area contributed by atoms with Gasteiger partial charge < -0.3 is 25.9 Å². The van der Waals surface area contributed by atoms with Crippen molar-refractivity contribution in [3.05, 3.63) is 82.4 Å². The molecule has 0 aliphatic heterocycles. The van der Waals surface area contributed by atoms with Crippen LogP contribution in [0.4, 0.5) is 0 Å². The van der Waals surface area contributed by atoms with Crippen molar-refractivity contribution in [3.8, 4) is 23.0 Å². The van der Waals surface area contributed by atoms with Gasteiger partial charge in [-0.2, -0.15) is 0 Å². The maximum Gasteiger partial charge on any atom is 1.00 e. The fourth-order valence-electron chi connectivity index (χ4n) is 2.88.